The summed E-state index contributed by atoms with van der Waals surface area (Å²) in [5.74, 6) is -0.00131. The molecule has 2 aromatic carbocycles. The van der Waals surface area contributed by atoms with E-state index in [1.807, 2.05) is 6.07 Å². The first-order valence-electron chi connectivity index (χ1n) is 9.72. The van der Waals surface area contributed by atoms with Gasteiger partial charge in [-0.25, -0.2) is 0 Å². The molecule has 0 fully saturated rings. The predicted molar refractivity (Wildman–Crippen MR) is 116 cm³/mol. The minimum atomic E-state index is -1.29. The molecule has 0 aliphatic carbocycles. The van der Waals surface area contributed by atoms with Crippen molar-refractivity contribution in [2.75, 3.05) is 31.3 Å². The molecule has 3 atom stereocenters. The molecule has 3 unspecified atom stereocenters. The summed E-state index contributed by atoms with van der Waals surface area (Å²) in [7, 11) is 0.825. The van der Waals surface area contributed by atoms with Gasteiger partial charge < -0.3 is 20.4 Å². The van der Waals surface area contributed by atoms with Gasteiger partial charge in [0.05, 0.1) is 21.8 Å². The largest absolute Gasteiger partial charge is 0.507 e. The summed E-state index contributed by atoms with van der Waals surface area (Å²) in [5, 5.41) is 23.5. The Bertz CT molecular complexity index is 755. The molecular formula is C22H32N2O3S. The minimum absolute atomic E-state index is 0.00131. The van der Waals surface area contributed by atoms with Crippen LogP contribution in [-0.2, 0) is 10.8 Å². The van der Waals surface area contributed by atoms with Gasteiger partial charge in [0.2, 0.25) is 0 Å². The van der Waals surface area contributed by atoms with Crippen molar-refractivity contribution in [3.8, 4) is 5.75 Å². The number of nitrogens with zero attached hydrogens (tertiary/aromatic N) is 1. The van der Waals surface area contributed by atoms with Crippen LogP contribution < -0.4 is 10.2 Å². The van der Waals surface area contributed by atoms with E-state index in [2.05, 4.69) is 48.5 Å². The Morgan fingerprint density at radius 1 is 1.14 bits per heavy atom. The minimum Gasteiger partial charge on any atom is -0.507 e. The average molecular weight is 405 g/mol. The van der Waals surface area contributed by atoms with Crippen LogP contribution in [-0.4, -0.2) is 46.9 Å². The van der Waals surface area contributed by atoms with Crippen LogP contribution in [0.15, 0.2) is 53.4 Å². The number of rotatable bonds is 11. The van der Waals surface area contributed by atoms with Crippen molar-refractivity contribution >= 4 is 16.5 Å². The molecule has 2 aromatic rings. The van der Waals surface area contributed by atoms with Crippen LogP contribution in [0.3, 0.4) is 0 Å². The van der Waals surface area contributed by atoms with Crippen molar-refractivity contribution in [2.24, 2.45) is 0 Å². The van der Waals surface area contributed by atoms with Crippen LogP contribution in [0, 0.1) is 0 Å². The van der Waals surface area contributed by atoms with Gasteiger partial charge >= 0.3 is 0 Å². The van der Waals surface area contributed by atoms with Gasteiger partial charge in [-0.3, -0.25) is 4.21 Å². The molecule has 0 aromatic heterocycles. The Balaban J connectivity index is 1.70. The summed E-state index contributed by atoms with van der Waals surface area (Å²) in [6.45, 7) is 3.56. The van der Waals surface area contributed by atoms with E-state index in [-0.39, 0.29) is 5.75 Å². The Morgan fingerprint density at radius 2 is 1.86 bits per heavy atom. The first-order valence-corrected chi connectivity index (χ1v) is 11.3. The number of hydrogen-bond acceptors (Lipinski definition) is 5. The van der Waals surface area contributed by atoms with Crippen LogP contribution in [0.25, 0.3) is 0 Å². The van der Waals surface area contributed by atoms with Gasteiger partial charge in [-0.1, -0.05) is 30.7 Å². The molecule has 0 aliphatic heterocycles. The second-order valence-electron chi connectivity index (χ2n) is 7.26. The number of aromatic hydroxyl groups is 1. The van der Waals surface area contributed by atoms with Crippen molar-refractivity contribution in [3.05, 3.63) is 54.1 Å². The van der Waals surface area contributed by atoms with E-state index < -0.39 is 16.9 Å². The fraction of sp³-hybridized carbons (Fsp3) is 0.455. The van der Waals surface area contributed by atoms with Gasteiger partial charge in [0, 0.05) is 38.1 Å². The number of phenolic OH excluding ortho intramolecular Hbond substituents is 1. The van der Waals surface area contributed by atoms with Crippen LogP contribution in [0.2, 0.25) is 0 Å². The molecule has 0 saturated carbocycles. The summed E-state index contributed by atoms with van der Waals surface area (Å²) in [5.41, 5.74) is 1.89. The third-order valence-electron chi connectivity index (χ3n) is 4.92. The number of unbranched alkanes of at least 4 members (excludes halogenated alkanes) is 1. The second-order valence-corrected chi connectivity index (χ2v) is 8.61. The SMILES string of the molecule is CC(CCCCN(C)c1ccccc1)NCC(O)c1ccc(O)c(S(C)=O)c1. The van der Waals surface area contributed by atoms with Crippen LogP contribution in [0.5, 0.6) is 5.75 Å². The lowest BCUT2D eigenvalue weighted by molar-refractivity contribution is 0.169. The standard InChI is InChI=1S/C22H32N2O3S/c1-17(9-7-8-14-24(2)19-10-5-4-6-11-19)23-16-21(26)18-12-13-20(25)22(15-18)28(3)27/h4-6,10-13,15,17,21,23,25-26H,7-9,14,16H2,1-3H3. The number of benzene rings is 2. The van der Waals surface area contributed by atoms with Crippen molar-refractivity contribution in [2.45, 2.75) is 43.2 Å². The van der Waals surface area contributed by atoms with Crippen LogP contribution in [0.1, 0.15) is 37.9 Å². The predicted octanol–water partition coefficient (Wildman–Crippen LogP) is 3.45. The van der Waals surface area contributed by atoms with Crippen molar-refractivity contribution in [3.63, 3.8) is 0 Å². The maximum absolute atomic E-state index is 11.6. The second kappa shape index (κ2) is 11.2. The van der Waals surface area contributed by atoms with E-state index in [9.17, 15) is 14.4 Å². The molecule has 0 bridgehead atoms. The van der Waals surface area contributed by atoms with Gasteiger partial charge in [-0.2, -0.15) is 0 Å². The molecule has 6 heteroatoms. The molecule has 0 heterocycles. The average Bonchev–Trinajstić information content (AvgIpc) is 2.70. The monoisotopic (exact) mass is 404 g/mol. The number of para-hydroxylation sites is 1. The number of nitrogens with one attached hydrogen (secondary N) is 1. The number of phenols is 1. The summed E-state index contributed by atoms with van der Waals surface area (Å²) in [6.07, 6.45) is 4.08. The molecule has 5 nitrogen and oxygen atoms in total. The quantitative estimate of drug-likeness (QED) is 0.500. The van der Waals surface area contributed by atoms with Crippen molar-refractivity contribution in [1.29, 1.82) is 0 Å². The molecule has 0 aliphatic rings. The highest BCUT2D eigenvalue weighted by Crippen LogP contribution is 2.24. The van der Waals surface area contributed by atoms with E-state index in [4.69, 9.17) is 0 Å². The topological polar surface area (TPSA) is 72.8 Å². The van der Waals surface area contributed by atoms with E-state index in [1.54, 1.807) is 12.1 Å². The highest BCUT2D eigenvalue weighted by molar-refractivity contribution is 7.84. The molecule has 0 spiro atoms. The Morgan fingerprint density at radius 3 is 2.54 bits per heavy atom. The molecule has 0 radical (unpaired) electrons. The highest BCUT2D eigenvalue weighted by atomic mass is 32.2. The third kappa shape index (κ3) is 6.93. The van der Waals surface area contributed by atoms with Gasteiger partial charge in [0.15, 0.2) is 0 Å². The summed E-state index contributed by atoms with van der Waals surface area (Å²) in [6, 6.07) is 15.4. The molecule has 2 rings (SSSR count). The van der Waals surface area contributed by atoms with E-state index in [1.165, 1.54) is 18.0 Å². The lowest BCUT2D eigenvalue weighted by Crippen LogP contribution is -2.30. The molecule has 0 amide bonds. The first kappa shape index (κ1) is 22.4. The van der Waals surface area contributed by atoms with E-state index in [0.29, 0.717) is 23.0 Å². The third-order valence-corrected chi connectivity index (χ3v) is 5.86. The number of hydrogen-bond donors (Lipinski definition) is 3. The Hall–Kier alpha value is -1.89. The fourth-order valence-electron chi connectivity index (χ4n) is 3.11. The van der Waals surface area contributed by atoms with E-state index in [0.717, 1.165) is 25.8 Å². The first-order chi connectivity index (χ1) is 13.4. The molecule has 28 heavy (non-hydrogen) atoms. The fourth-order valence-corrected chi connectivity index (χ4v) is 3.78. The number of aliphatic hydroxyl groups excluding tert-OH is 1. The van der Waals surface area contributed by atoms with Gasteiger partial charge in [0.1, 0.15) is 5.75 Å². The van der Waals surface area contributed by atoms with Crippen molar-refractivity contribution < 1.29 is 14.4 Å². The zero-order chi connectivity index (χ0) is 20.5. The van der Waals surface area contributed by atoms with Gasteiger partial charge in [-0.15, -0.1) is 0 Å². The molecule has 3 N–H and O–H groups in total. The number of anilines is 1. The van der Waals surface area contributed by atoms with Gasteiger partial charge in [-0.05, 0) is 49.6 Å². The lowest BCUT2D eigenvalue weighted by atomic mass is 10.1. The zero-order valence-corrected chi connectivity index (χ0v) is 17.8. The summed E-state index contributed by atoms with van der Waals surface area (Å²) in [4.78, 5) is 2.62. The Labute approximate surface area is 170 Å². The normalized spacial score (nSPS) is 14.4. The molecule has 0 saturated heterocycles. The summed E-state index contributed by atoms with van der Waals surface area (Å²) >= 11 is 0. The maximum atomic E-state index is 11.6. The molecule has 154 valence electrons. The van der Waals surface area contributed by atoms with E-state index >= 15 is 0 Å². The highest BCUT2D eigenvalue weighted by Gasteiger charge is 2.13. The van der Waals surface area contributed by atoms with Crippen LogP contribution >= 0.6 is 0 Å². The van der Waals surface area contributed by atoms with Crippen LogP contribution in [0.4, 0.5) is 5.69 Å². The molecular weight excluding hydrogens is 372 g/mol. The summed E-state index contributed by atoms with van der Waals surface area (Å²) < 4.78 is 11.6. The smallest absolute Gasteiger partial charge is 0.131 e. The number of aliphatic hydroxyl groups is 1. The zero-order valence-electron chi connectivity index (χ0n) is 17.0. The van der Waals surface area contributed by atoms with Gasteiger partial charge in [0.25, 0.3) is 0 Å². The Kier molecular flexibility index (Phi) is 8.96. The lowest BCUT2D eigenvalue weighted by Gasteiger charge is -2.20. The van der Waals surface area contributed by atoms with Crippen molar-refractivity contribution in [1.82, 2.24) is 5.32 Å². The maximum Gasteiger partial charge on any atom is 0.131 e.